The summed E-state index contributed by atoms with van der Waals surface area (Å²) in [6.45, 7) is 8.39. The first-order valence-electron chi connectivity index (χ1n) is 7.35. The summed E-state index contributed by atoms with van der Waals surface area (Å²) in [7, 11) is 0. The minimum absolute atomic E-state index is 0.943. The summed E-state index contributed by atoms with van der Waals surface area (Å²) in [4.78, 5) is 11.7. The SMILES string of the molecule is CCc1ccccc1Nc1nc(-c2sc(C)nc2C)c(C)s1. The highest BCUT2D eigenvalue weighted by Gasteiger charge is 2.15. The van der Waals surface area contributed by atoms with Crippen LogP contribution in [0.15, 0.2) is 24.3 Å². The maximum atomic E-state index is 4.80. The number of thiazole rings is 2. The second-order valence-corrected chi connectivity index (χ2v) is 7.61. The zero-order valence-corrected chi connectivity index (χ0v) is 14.9. The van der Waals surface area contributed by atoms with Gasteiger partial charge in [0.25, 0.3) is 0 Å². The second kappa shape index (κ2) is 6.18. The molecule has 0 unspecified atom stereocenters. The van der Waals surface area contributed by atoms with Gasteiger partial charge in [0, 0.05) is 10.6 Å². The van der Waals surface area contributed by atoms with E-state index < -0.39 is 0 Å². The van der Waals surface area contributed by atoms with Crippen LogP contribution in [0.3, 0.4) is 0 Å². The van der Waals surface area contributed by atoms with Crippen molar-refractivity contribution < 1.29 is 0 Å². The van der Waals surface area contributed by atoms with Gasteiger partial charge in [0.1, 0.15) is 0 Å². The molecule has 2 heterocycles. The fraction of sp³-hybridized carbons (Fsp3) is 0.294. The van der Waals surface area contributed by atoms with Crippen LogP contribution in [0.5, 0.6) is 0 Å². The van der Waals surface area contributed by atoms with Crippen LogP contribution in [-0.2, 0) is 6.42 Å². The second-order valence-electron chi connectivity index (χ2n) is 5.21. The van der Waals surface area contributed by atoms with Crippen LogP contribution in [-0.4, -0.2) is 9.97 Å². The number of nitrogens with zero attached hydrogens (tertiary/aromatic N) is 2. The number of para-hydroxylation sites is 1. The van der Waals surface area contributed by atoms with E-state index in [-0.39, 0.29) is 0 Å². The van der Waals surface area contributed by atoms with E-state index in [1.54, 1.807) is 22.7 Å². The van der Waals surface area contributed by atoms with Crippen molar-refractivity contribution in [3.63, 3.8) is 0 Å². The van der Waals surface area contributed by atoms with Crippen LogP contribution in [0.25, 0.3) is 10.6 Å². The van der Waals surface area contributed by atoms with Crippen LogP contribution in [0.2, 0.25) is 0 Å². The van der Waals surface area contributed by atoms with Crippen LogP contribution in [0.4, 0.5) is 10.8 Å². The number of benzene rings is 1. The van der Waals surface area contributed by atoms with E-state index in [9.17, 15) is 0 Å². The lowest BCUT2D eigenvalue weighted by Crippen LogP contribution is -1.94. The van der Waals surface area contributed by atoms with Crippen molar-refractivity contribution in [1.29, 1.82) is 0 Å². The number of aromatic nitrogens is 2. The molecule has 22 heavy (non-hydrogen) atoms. The Hall–Kier alpha value is -1.72. The molecule has 0 bridgehead atoms. The van der Waals surface area contributed by atoms with E-state index in [4.69, 9.17) is 4.98 Å². The van der Waals surface area contributed by atoms with Gasteiger partial charge in [0.15, 0.2) is 5.13 Å². The molecule has 0 radical (unpaired) electrons. The third-order valence-electron chi connectivity index (χ3n) is 3.56. The van der Waals surface area contributed by atoms with Crippen LogP contribution < -0.4 is 5.32 Å². The molecule has 0 aliphatic carbocycles. The van der Waals surface area contributed by atoms with Crippen molar-refractivity contribution >= 4 is 33.5 Å². The van der Waals surface area contributed by atoms with Crippen molar-refractivity contribution in [3.05, 3.63) is 45.4 Å². The molecule has 0 aliphatic rings. The monoisotopic (exact) mass is 329 g/mol. The average Bonchev–Trinajstić information content (AvgIpc) is 3.01. The Morgan fingerprint density at radius 3 is 2.50 bits per heavy atom. The molecule has 0 amide bonds. The molecule has 5 heteroatoms. The zero-order chi connectivity index (χ0) is 15.7. The molecule has 0 saturated heterocycles. The maximum absolute atomic E-state index is 4.80. The molecule has 0 atom stereocenters. The summed E-state index contributed by atoms with van der Waals surface area (Å²) >= 11 is 3.41. The highest BCUT2D eigenvalue weighted by Crippen LogP contribution is 2.36. The average molecular weight is 329 g/mol. The summed E-state index contributed by atoms with van der Waals surface area (Å²) in [6.07, 6.45) is 1.01. The standard InChI is InChI=1S/C17H19N3S2/c1-5-13-8-6-7-9-14(13)19-17-20-15(11(3)21-17)16-10(2)18-12(4)22-16/h6-9H,5H2,1-4H3,(H,19,20). The highest BCUT2D eigenvalue weighted by atomic mass is 32.1. The summed E-state index contributed by atoms with van der Waals surface area (Å²) in [6, 6.07) is 8.39. The van der Waals surface area contributed by atoms with Crippen molar-refractivity contribution in [3.8, 4) is 10.6 Å². The third kappa shape index (κ3) is 2.91. The Balaban J connectivity index is 1.94. The minimum atomic E-state index is 0.943. The number of anilines is 2. The summed E-state index contributed by atoms with van der Waals surface area (Å²) < 4.78 is 0. The van der Waals surface area contributed by atoms with Crippen molar-refractivity contribution in [2.75, 3.05) is 5.32 Å². The number of hydrogen-bond acceptors (Lipinski definition) is 5. The number of nitrogens with one attached hydrogen (secondary N) is 1. The van der Waals surface area contributed by atoms with Gasteiger partial charge in [0.05, 0.1) is 21.3 Å². The molecule has 0 aliphatic heterocycles. The first-order valence-corrected chi connectivity index (χ1v) is 8.98. The Morgan fingerprint density at radius 1 is 1.05 bits per heavy atom. The van der Waals surface area contributed by atoms with Gasteiger partial charge in [-0.1, -0.05) is 25.1 Å². The lowest BCUT2D eigenvalue weighted by molar-refractivity contribution is 1.14. The van der Waals surface area contributed by atoms with Crippen LogP contribution in [0, 0.1) is 20.8 Å². The number of hydrogen-bond donors (Lipinski definition) is 1. The number of aryl methyl sites for hydroxylation is 4. The molecule has 0 saturated carbocycles. The van der Waals surface area contributed by atoms with Gasteiger partial charge in [-0.3, -0.25) is 0 Å². The topological polar surface area (TPSA) is 37.8 Å². The van der Waals surface area contributed by atoms with Gasteiger partial charge in [-0.05, 0) is 38.8 Å². The van der Waals surface area contributed by atoms with E-state index in [1.165, 1.54) is 15.3 Å². The number of rotatable bonds is 4. The molecule has 1 N–H and O–H groups in total. The van der Waals surface area contributed by atoms with E-state index in [0.29, 0.717) is 0 Å². The molecule has 114 valence electrons. The molecule has 1 aromatic carbocycles. The van der Waals surface area contributed by atoms with Crippen LogP contribution in [0.1, 0.15) is 28.1 Å². The fourth-order valence-electron chi connectivity index (χ4n) is 2.48. The molecule has 0 spiro atoms. The lowest BCUT2D eigenvalue weighted by atomic mass is 10.1. The minimum Gasteiger partial charge on any atom is -0.331 e. The van der Waals surface area contributed by atoms with Gasteiger partial charge in [0.2, 0.25) is 0 Å². The van der Waals surface area contributed by atoms with Crippen molar-refractivity contribution in [1.82, 2.24) is 9.97 Å². The first-order chi connectivity index (χ1) is 10.6. The molecular weight excluding hydrogens is 310 g/mol. The molecule has 3 nitrogen and oxygen atoms in total. The van der Waals surface area contributed by atoms with Crippen LogP contribution >= 0.6 is 22.7 Å². The predicted molar refractivity (Wildman–Crippen MR) is 96.5 cm³/mol. The highest BCUT2D eigenvalue weighted by molar-refractivity contribution is 7.18. The quantitative estimate of drug-likeness (QED) is 0.687. The normalized spacial score (nSPS) is 10.9. The molecule has 0 fully saturated rings. The Labute approximate surface area is 139 Å². The van der Waals surface area contributed by atoms with Crippen molar-refractivity contribution in [2.45, 2.75) is 34.1 Å². The Bertz CT molecular complexity index is 802. The van der Waals surface area contributed by atoms with E-state index in [2.05, 4.69) is 55.3 Å². The maximum Gasteiger partial charge on any atom is 0.188 e. The Morgan fingerprint density at radius 2 is 1.82 bits per heavy atom. The van der Waals surface area contributed by atoms with Gasteiger partial charge >= 0.3 is 0 Å². The first kappa shape index (κ1) is 15.2. The zero-order valence-electron chi connectivity index (χ0n) is 13.2. The summed E-state index contributed by atoms with van der Waals surface area (Å²) in [5.41, 5.74) is 4.57. The molecule has 3 rings (SSSR count). The Kier molecular flexibility index (Phi) is 4.27. The van der Waals surface area contributed by atoms with Crippen molar-refractivity contribution in [2.24, 2.45) is 0 Å². The summed E-state index contributed by atoms with van der Waals surface area (Å²) in [5.74, 6) is 0. The van der Waals surface area contributed by atoms with Gasteiger partial charge < -0.3 is 5.32 Å². The molecule has 3 aromatic rings. The van der Waals surface area contributed by atoms with Gasteiger partial charge in [-0.2, -0.15) is 0 Å². The van der Waals surface area contributed by atoms with Gasteiger partial charge in [-0.15, -0.1) is 22.7 Å². The summed E-state index contributed by atoms with van der Waals surface area (Å²) in [5, 5.41) is 5.50. The third-order valence-corrected chi connectivity index (χ3v) is 5.52. The molecular formula is C17H19N3S2. The smallest absolute Gasteiger partial charge is 0.188 e. The lowest BCUT2D eigenvalue weighted by Gasteiger charge is -2.07. The van der Waals surface area contributed by atoms with E-state index in [1.807, 2.05) is 6.92 Å². The largest absolute Gasteiger partial charge is 0.331 e. The molecule has 2 aromatic heterocycles. The fourth-order valence-corrected chi connectivity index (χ4v) is 4.34. The van der Waals surface area contributed by atoms with E-state index in [0.717, 1.165) is 33.6 Å². The van der Waals surface area contributed by atoms with Gasteiger partial charge in [-0.25, -0.2) is 9.97 Å². The van der Waals surface area contributed by atoms with E-state index >= 15 is 0 Å². The predicted octanol–water partition coefficient (Wildman–Crippen LogP) is 5.50.